The second-order valence-electron chi connectivity index (χ2n) is 33.6. The first-order valence-electron chi connectivity index (χ1n) is 31.5. The Bertz CT molecular complexity index is 3930. The fraction of sp³-hybridized carbons (Fsp3) is 0.381. The van der Waals surface area contributed by atoms with Crippen molar-refractivity contribution >= 4 is 74.9 Å². The first-order valence-corrected chi connectivity index (χ1v) is 33.1. The molecule has 10 rings (SSSR count). The minimum Gasteiger partial charge on any atom is -0.0561 e. The molecule has 86 heavy (non-hydrogen) atoms. The Hall–Kier alpha value is -5.80. The van der Waals surface area contributed by atoms with E-state index >= 15 is 0 Å². The molecule has 0 nitrogen and oxygen atoms in total. The van der Waals surface area contributed by atoms with E-state index in [1.165, 1.54) is 143 Å². The van der Waals surface area contributed by atoms with Crippen molar-refractivity contribution in [2.45, 2.75) is 209 Å². The van der Waals surface area contributed by atoms with E-state index in [2.05, 4.69) is 344 Å². The van der Waals surface area contributed by atoms with Gasteiger partial charge in [0.1, 0.15) is 0 Å². The van der Waals surface area contributed by atoms with Gasteiger partial charge in [0, 0.05) is 8.95 Å². The van der Waals surface area contributed by atoms with Crippen molar-refractivity contribution in [3.63, 3.8) is 0 Å². The van der Waals surface area contributed by atoms with Gasteiger partial charge in [-0.1, -0.05) is 287 Å². The van der Waals surface area contributed by atoms with E-state index in [1.807, 2.05) is 0 Å². The van der Waals surface area contributed by atoms with E-state index in [-0.39, 0.29) is 43.3 Å². The van der Waals surface area contributed by atoms with Gasteiger partial charge in [0.25, 0.3) is 0 Å². The van der Waals surface area contributed by atoms with Crippen LogP contribution in [0.4, 0.5) is 0 Å². The summed E-state index contributed by atoms with van der Waals surface area (Å²) < 4.78 is 2.22. The maximum Gasteiger partial charge on any atom is 0.0332 e. The highest BCUT2D eigenvalue weighted by Gasteiger charge is 2.29. The highest BCUT2D eigenvalue weighted by Crippen LogP contribution is 2.52. The van der Waals surface area contributed by atoms with Crippen molar-refractivity contribution in [3.8, 4) is 55.6 Å². The summed E-state index contributed by atoms with van der Waals surface area (Å²) in [6.45, 7) is 56.2. The smallest absolute Gasteiger partial charge is 0.0332 e. The fourth-order valence-electron chi connectivity index (χ4n) is 12.3. The summed E-state index contributed by atoms with van der Waals surface area (Å²) in [5, 5.41) is 9.62. The van der Waals surface area contributed by atoms with Crippen LogP contribution in [0.3, 0.4) is 0 Å². The molecule has 0 heterocycles. The molecule has 0 N–H and O–H groups in total. The number of benzene rings is 10. The molecular weight excluding hydrogens is 1170 g/mol. The number of rotatable bonds is 5. The topological polar surface area (TPSA) is 0 Å². The number of fused-ring (bicyclic) bond motifs is 4. The van der Waals surface area contributed by atoms with Crippen LogP contribution < -0.4 is 0 Å². The van der Waals surface area contributed by atoms with Gasteiger partial charge >= 0.3 is 0 Å². The summed E-state index contributed by atoms with van der Waals surface area (Å²) in [5.74, 6) is 0. The van der Waals surface area contributed by atoms with E-state index in [0.717, 1.165) is 8.95 Å². The summed E-state index contributed by atoms with van der Waals surface area (Å²) in [6, 6.07) is 58.5. The van der Waals surface area contributed by atoms with Crippen LogP contribution >= 0.6 is 31.9 Å². The monoisotopic (exact) mass is 1260 g/mol. The van der Waals surface area contributed by atoms with Crippen LogP contribution in [0.5, 0.6) is 0 Å². The molecule has 0 aromatic heterocycles. The molecule has 0 radical (unpaired) electrons. The highest BCUT2D eigenvalue weighted by molar-refractivity contribution is 9.11. The summed E-state index contributed by atoms with van der Waals surface area (Å²) in [5.41, 5.74) is 22.8. The second kappa shape index (κ2) is 21.5. The van der Waals surface area contributed by atoms with Crippen LogP contribution in [-0.2, 0) is 43.3 Å². The summed E-state index contributed by atoms with van der Waals surface area (Å²) in [7, 11) is 0. The zero-order valence-corrected chi connectivity index (χ0v) is 59.8. The minimum atomic E-state index is -0.0385. The van der Waals surface area contributed by atoms with Crippen molar-refractivity contribution < 1.29 is 0 Å². The maximum atomic E-state index is 4.41. The third-order valence-corrected chi connectivity index (χ3v) is 20.1. The molecule has 0 amide bonds. The lowest BCUT2D eigenvalue weighted by Crippen LogP contribution is -2.16. The van der Waals surface area contributed by atoms with Gasteiger partial charge in [0.2, 0.25) is 0 Å². The lowest BCUT2D eigenvalue weighted by molar-refractivity contribution is 0.568. The van der Waals surface area contributed by atoms with Crippen molar-refractivity contribution in [2.24, 2.45) is 0 Å². The molecule has 0 spiro atoms. The van der Waals surface area contributed by atoms with Crippen molar-refractivity contribution in [2.75, 3.05) is 0 Å². The second-order valence-corrected chi connectivity index (χ2v) is 35.2. The Balaban J connectivity index is 1.40. The standard InChI is InChI=1S/C84H96Br2/c1-77(2,3)57-33-53(34-58(45-57)78(4,5)6)49-27-31-67-69(41-49)73(65-29-25-51(43-71(65)75(67)85)55-37-61(81(13,14)15)47-62(38-55)82(16,17)18)74-66-30-26-52(56-39-63(83(19,20)21)48-64(40-56)84(22,23)24)44-72(66)76(86)68-32-28-50(42-70(68)74)54-35-59(79(7,8)9)46-60(36-54)80(10,11)12/h25-48H,1-24H3. The molecular formula is C84H96Br2. The molecule has 0 atom stereocenters. The molecule has 2 heteroatoms. The fourth-order valence-corrected chi connectivity index (χ4v) is 13.6. The molecule has 446 valence electrons. The van der Waals surface area contributed by atoms with E-state index in [0.29, 0.717) is 0 Å². The van der Waals surface area contributed by atoms with E-state index in [1.54, 1.807) is 0 Å². The van der Waals surface area contributed by atoms with Crippen molar-refractivity contribution in [1.82, 2.24) is 0 Å². The Kier molecular flexibility index (Phi) is 15.8. The summed E-state index contributed by atoms with van der Waals surface area (Å²) >= 11 is 8.82. The lowest BCUT2D eigenvalue weighted by atomic mass is 9.78. The molecule has 0 bridgehead atoms. The Morgan fingerprint density at radius 1 is 0.174 bits per heavy atom. The Labute approximate surface area is 535 Å². The van der Waals surface area contributed by atoms with Crippen molar-refractivity contribution in [3.05, 3.63) is 199 Å². The Morgan fingerprint density at radius 3 is 0.535 bits per heavy atom. The van der Waals surface area contributed by atoms with Gasteiger partial charge in [-0.2, -0.15) is 0 Å². The SMILES string of the molecule is CC(C)(C)c1cc(-c2ccc3c(-c4c5ccc(-c6cc(C(C)(C)C)cc(C(C)(C)C)c6)cc5c(Br)c5ccc(-c6cc(C(C)(C)C)cc(C(C)(C)C)c6)cc45)c4cc(-c5cc(C(C)(C)C)cc(C(C)(C)C)c5)ccc4c(Br)c3c2)cc(C(C)(C)C)c1. The van der Waals surface area contributed by atoms with Gasteiger partial charge in [0.05, 0.1) is 0 Å². The quantitative estimate of drug-likeness (QED) is 0.151. The van der Waals surface area contributed by atoms with E-state index in [4.69, 9.17) is 0 Å². The van der Waals surface area contributed by atoms with Crippen LogP contribution in [0, 0.1) is 0 Å². The molecule has 10 aromatic rings. The summed E-state index contributed by atoms with van der Waals surface area (Å²) in [6.07, 6.45) is 0. The molecule has 0 unspecified atom stereocenters. The number of halogens is 2. The molecule has 0 saturated carbocycles. The van der Waals surface area contributed by atoms with Crippen molar-refractivity contribution in [1.29, 1.82) is 0 Å². The zero-order chi connectivity index (χ0) is 63.1. The van der Waals surface area contributed by atoms with Crippen LogP contribution in [0.2, 0.25) is 0 Å². The minimum absolute atomic E-state index is 0.0242. The predicted molar refractivity (Wildman–Crippen MR) is 389 cm³/mol. The van der Waals surface area contributed by atoms with Crippen LogP contribution in [-0.4, -0.2) is 0 Å². The van der Waals surface area contributed by atoms with Gasteiger partial charge in [0.15, 0.2) is 0 Å². The third-order valence-electron chi connectivity index (χ3n) is 18.3. The largest absolute Gasteiger partial charge is 0.0561 e. The molecule has 10 aromatic carbocycles. The lowest BCUT2D eigenvalue weighted by Gasteiger charge is -2.27. The average Bonchev–Trinajstić information content (AvgIpc) is 0.722. The summed E-state index contributed by atoms with van der Waals surface area (Å²) in [4.78, 5) is 0. The maximum absolute atomic E-state index is 4.41. The normalized spacial score (nSPS) is 13.5. The molecule has 0 aliphatic carbocycles. The van der Waals surface area contributed by atoms with Gasteiger partial charge in [-0.15, -0.1) is 0 Å². The zero-order valence-electron chi connectivity index (χ0n) is 56.6. The van der Waals surface area contributed by atoms with Crippen LogP contribution in [0.1, 0.15) is 211 Å². The first-order chi connectivity index (χ1) is 39.5. The van der Waals surface area contributed by atoms with E-state index < -0.39 is 0 Å². The van der Waals surface area contributed by atoms with Crippen LogP contribution in [0.15, 0.2) is 155 Å². The number of hydrogen-bond acceptors (Lipinski definition) is 0. The number of hydrogen-bond donors (Lipinski definition) is 0. The Morgan fingerprint density at radius 2 is 0.349 bits per heavy atom. The van der Waals surface area contributed by atoms with Gasteiger partial charge < -0.3 is 0 Å². The van der Waals surface area contributed by atoms with Crippen LogP contribution in [0.25, 0.3) is 98.7 Å². The third kappa shape index (κ3) is 12.4. The highest BCUT2D eigenvalue weighted by atomic mass is 79.9. The molecule has 0 fully saturated rings. The average molecular weight is 1270 g/mol. The molecule has 0 aliphatic rings. The van der Waals surface area contributed by atoms with E-state index in [9.17, 15) is 0 Å². The van der Waals surface area contributed by atoms with Gasteiger partial charge in [-0.05, 0) is 243 Å². The molecule has 0 aliphatic heterocycles. The molecule has 0 saturated heterocycles. The van der Waals surface area contributed by atoms with Gasteiger partial charge in [-0.3, -0.25) is 0 Å². The van der Waals surface area contributed by atoms with Gasteiger partial charge in [-0.25, -0.2) is 0 Å². The first kappa shape index (κ1) is 63.2. The predicted octanol–water partition coefficient (Wildman–Crippen LogP) is 26.5.